The summed E-state index contributed by atoms with van der Waals surface area (Å²) in [6.07, 6.45) is 0. The fraction of sp³-hybridized carbons (Fsp3) is 0.214. The average Bonchev–Trinajstić information content (AvgIpc) is 2.68. The van der Waals surface area contributed by atoms with E-state index in [0.717, 1.165) is 18.2 Å². The molecule has 0 aromatic heterocycles. The molecular formula is C14H12O5. The van der Waals surface area contributed by atoms with Gasteiger partial charge in [-0.15, -0.1) is 0 Å². The van der Waals surface area contributed by atoms with Crippen LogP contribution in [0.2, 0.25) is 0 Å². The van der Waals surface area contributed by atoms with Gasteiger partial charge in [0, 0.05) is 5.56 Å². The molecule has 1 aliphatic rings. The van der Waals surface area contributed by atoms with Gasteiger partial charge in [0.05, 0.1) is 7.11 Å². The van der Waals surface area contributed by atoms with Gasteiger partial charge >= 0.3 is 11.9 Å². The van der Waals surface area contributed by atoms with E-state index >= 15 is 0 Å². The quantitative estimate of drug-likeness (QED) is 0.455. The molecule has 0 N–H and O–H groups in total. The van der Waals surface area contributed by atoms with Crippen LogP contribution in [0.5, 0.6) is 0 Å². The van der Waals surface area contributed by atoms with Crippen molar-refractivity contribution in [1.82, 2.24) is 0 Å². The fourth-order valence-electron chi connectivity index (χ4n) is 1.77. The van der Waals surface area contributed by atoms with Crippen LogP contribution in [0.4, 0.5) is 0 Å². The number of hydrogen-bond donors (Lipinski definition) is 0. The largest absolute Gasteiger partial charge is 0.465 e. The van der Waals surface area contributed by atoms with Crippen LogP contribution in [0.3, 0.4) is 0 Å². The Kier molecular flexibility index (Phi) is 3.21. The predicted octanol–water partition coefficient (Wildman–Crippen LogP) is 1.31. The van der Waals surface area contributed by atoms with E-state index < -0.39 is 17.7 Å². The normalized spacial score (nSPS) is 14.7. The van der Waals surface area contributed by atoms with Gasteiger partial charge in [0.2, 0.25) is 0 Å². The maximum absolute atomic E-state index is 11.6. The Bertz CT molecular complexity index is 625. The lowest BCUT2D eigenvalue weighted by Gasteiger charge is -2.06. The number of rotatable bonds is 2. The Morgan fingerprint density at radius 2 is 1.84 bits per heavy atom. The van der Waals surface area contributed by atoms with Crippen LogP contribution < -0.4 is 0 Å². The number of aryl methyl sites for hydroxylation is 2. The van der Waals surface area contributed by atoms with Gasteiger partial charge in [-0.05, 0) is 31.0 Å². The second-order valence-electron chi connectivity index (χ2n) is 4.21. The summed E-state index contributed by atoms with van der Waals surface area (Å²) in [6.45, 7) is 3.82. The Morgan fingerprint density at radius 1 is 1.16 bits per heavy atom. The second-order valence-corrected chi connectivity index (χ2v) is 4.21. The summed E-state index contributed by atoms with van der Waals surface area (Å²) in [5, 5.41) is 0. The van der Waals surface area contributed by atoms with E-state index in [4.69, 9.17) is 4.74 Å². The fourth-order valence-corrected chi connectivity index (χ4v) is 1.77. The standard InChI is InChI=1S/C14H12O5/c1-7-4-5-9(6-8(7)2)12-10(13(16)18-3)11(15)14(17)19-12/h4-6H,1-3H3. The lowest BCUT2D eigenvalue weighted by Crippen LogP contribution is -2.16. The minimum atomic E-state index is -1.06. The highest BCUT2D eigenvalue weighted by atomic mass is 16.6. The van der Waals surface area contributed by atoms with E-state index in [-0.39, 0.29) is 11.3 Å². The second kappa shape index (κ2) is 4.68. The first-order valence-corrected chi connectivity index (χ1v) is 5.62. The first-order chi connectivity index (χ1) is 8.95. The van der Waals surface area contributed by atoms with Crippen molar-refractivity contribution >= 4 is 23.5 Å². The number of cyclic esters (lactones) is 1. The van der Waals surface area contributed by atoms with Gasteiger partial charge in [-0.1, -0.05) is 12.1 Å². The molecule has 1 aromatic carbocycles. The van der Waals surface area contributed by atoms with E-state index in [0.29, 0.717) is 5.56 Å². The molecule has 5 nitrogen and oxygen atoms in total. The zero-order valence-electron chi connectivity index (χ0n) is 10.8. The van der Waals surface area contributed by atoms with Crippen LogP contribution in [0.15, 0.2) is 23.8 Å². The van der Waals surface area contributed by atoms with Crippen molar-refractivity contribution in [2.75, 3.05) is 7.11 Å². The molecule has 0 fully saturated rings. The molecule has 0 atom stereocenters. The Balaban J connectivity index is 2.59. The summed E-state index contributed by atoms with van der Waals surface area (Å²) < 4.78 is 9.39. The lowest BCUT2D eigenvalue weighted by molar-refractivity contribution is -0.146. The zero-order valence-corrected chi connectivity index (χ0v) is 10.8. The highest BCUT2D eigenvalue weighted by Gasteiger charge is 2.39. The third-order valence-electron chi connectivity index (χ3n) is 2.99. The van der Waals surface area contributed by atoms with Crippen molar-refractivity contribution in [1.29, 1.82) is 0 Å². The molecule has 0 spiro atoms. The van der Waals surface area contributed by atoms with E-state index in [1.165, 1.54) is 0 Å². The molecule has 98 valence electrons. The van der Waals surface area contributed by atoms with Crippen molar-refractivity contribution < 1.29 is 23.9 Å². The minimum absolute atomic E-state index is 0.0371. The van der Waals surface area contributed by atoms with Crippen molar-refractivity contribution in [3.05, 3.63) is 40.5 Å². The van der Waals surface area contributed by atoms with Crippen molar-refractivity contribution in [3.8, 4) is 0 Å². The number of methoxy groups -OCH3 is 1. The van der Waals surface area contributed by atoms with Gasteiger partial charge < -0.3 is 9.47 Å². The molecule has 0 aliphatic carbocycles. The van der Waals surface area contributed by atoms with Gasteiger partial charge in [-0.25, -0.2) is 9.59 Å². The molecule has 1 aromatic rings. The minimum Gasteiger partial charge on any atom is -0.465 e. The van der Waals surface area contributed by atoms with Gasteiger partial charge in [0.1, 0.15) is 0 Å². The molecule has 0 saturated heterocycles. The van der Waals surface area contributed by atoms with Gasteiger partial charge in [0.25, 0.3) is 5.78 Å². The van der Waals surface area contributed by atoms with Crippen molar-refractivity contribution in [2.45, 2.75) is 13.8 Å². The number of carbonyl (C=O) groups is 3. The molecule has 1 heterocycles. The summed E-state index contributed by atoms with van der Waals surface area (Å²) in [4.78, 5) is 34.5. The molecule has 2 rings (SSSR count). The van der Waals surface area contributed by atoms with E-state index in [2.05, 4.69) is 4.74 Å². The third-order valence-corrected chi connectivity index (χ3v) is 2.99. The molecule has 19 heavy (non-hydrogen) atoms. The molecular weight excluding hydrogens is 248 g/mol. The maximum atomic E-state index is 11.6. The summed E-state index contributed by atoms with van der Waals surface area (Å²) in [6, 6.07) is 5.26. The summed E-state index contributed by atoms with van der Waals surface area (Å²) in [7, 11) is 1.14. The van der Waals surface area contributed by atoms with Gasteiger partial charge in [0.15, 0.2) is 11.3 Å². The number of ketones is 1. The third kappa shape index (κ3) is 2.14. The summed E-state index contributed by atoms with van der Waals surface area (Å²) >= 11 is 0. The highest BCUT2D eigenvalue weighted by molar-refractivity contribution is 6.51. The Morgan fingerprint density at radius 3 is 2.42 bits per heavy atom. The number of benzene rings is 1. The average molecular weight is 260 g/mol. The van der Waals surface area contributed by atoms with E-state index in [1.807, 2.05) is 19.9 Å². The van der Waals surface area contributed by atoms with Gasteiger partial charge in [-0.3, -0.25) is 4.79 Å². The Hall–Kier alpha value is -2.43. The smallest absolute Gasteiger partial charge is 0.385 e. The number of ether oxygens (including phenoxy) is 2. The lowest BCUT2D eigenvalue weighted by atomic mass is 10.0. The van der Waals surface area contributed by atoms with E-state index in [9.17, 15) is 14.4 Å². The van der Waals surface area contributed by atoms with Crippen molar-refractivity contribution in [2.24, 2.45) is 0 Å². The van der Waals surface area contributed by atoms with Crippen LogP contribution in [-0.4, -0.2) is 24.8 Å². The molecule has 0 saturated carbocycles. The Labute approximate surface area is 109 Å². The first-order valence-electron chi connectivity index (χ1n) is 5.62. The number of carbonyl (C=O) groups excluding carboxylic acids is 3. The van der Waals surface area contributed by atoms with Crippen LogP contribution in [0.25, 0.3) is 5.76 Å². The molecule has 0 unspecified atom stereocenters. The van der Waals surface area contributed by atoms with Crippen LogP contribution in [-0.2, 0) is 23.9 Å². The van der Waals surface area contributed by atoms with E-state index in [1.54, 1.807) is 12.1 Å². The molecule has 0 amide bonds. The monoisotopic (exact) mass is 260 g/mol. The molecule has 0 bridgehead atoms. The SMILES string of the molecule is COC(=O)C1=C(c2ccc(C)c(C)c2)OC(=O)C1=O. The maximum Gasteiger partial charge on any atom is 0.385 e. The summed E-state index contributed by atoms with van der Waals surface area (Å²) in [5.74, 6) is -2.94. The molecule has 5 heteroatoms. The van der Waals surface area contributed by atoms with Crippen LogP contribution >= 0.6 is 0 Å². The first kappa shape index (κ1) is 13.0. The zero-order chi connectivity index (χ0) is 14.2. The topological polar surface area (TPSA) is 69.7 Å². The number of Topliss-reactive ketones (excluding diaryl/α,β-unsaturated/α-hetero) is 1. The molecule has 1 aliphatic heterocycles. The predicted molar refractivity (Wildman–Crippen MR) is 66.0 cm³/mol. The molecule has 0 radical (unpaired) electrons. The summed E-state index contributed by atoms with van der Waals surface area (Å²) in [5.41, 5.74) is 2.17. The highest BCUT2D eigenvalue weighted by Crippen LogP contribution is 2.29. The number of hydrogen-bond acceptors (Lipinski definition) is 5. The number of esters is 2. The van der Waals surface area contributed by atoms with Gasteiger partial charge in [-0.2, -0.15) is 0 Å². The van der Waals surface area contributed by atoms with Crippen molar-refractivity contribution in [3.63, 3.8) is 0 Å². The van der Waals surface area contributed by atoms with Crippen LogP contribution in [0.1, 0.15) is 16.7 Å². The van der Waals surface area contributed by atoms with Crippen LogP contribution in [0, 0.1) is 13.8 Å².